The maximum atomic E-state index is 11.5. The van der Waals surface area contributed by atoms with Gasteiger partial charge in [-0.2, -0.15) is 0 Å². The van der Waals surface area contributed by atoms with Crippen LogP contribution < -0.4 is 10.6 Å². The van der Waals surface area contributed by atoms with Gasteiger partial charge in [0.15, 0.2) is 0 Å². The number of nitrogens with one attached hydrogen (secondary N) is 2. The van der Waals surface area contributed by atoms with Crippen molar-refractivity contribution in [2.45, 2.75) is 32.6 Å². The zero-order chi connectivity index (χ0) is 12.4. The van der Waals surface area contributed by atoms with Gasteiger partial charge in [-0.1, -0.05) is 6.92 Å². The highest BCUT2D eigenvalue weighted by atomic mass is 16.2. The van der Waals surface area contributed by atoms with Crippen molar-refractivity contribution in [3.63, 3.8) is 0 Å². The van der Waals surface area contributed by atoms with Crippen LogP contribution in [0.1, 0.15) is 38.2 Å². The number of hydrogen-bond donors (Lipinski definition) is 2. The number of fused-ring (bicyclic) bond motifs is 1. The molecule has 0 fully saturated rings. The summed E-state index contributed by atoms with van der Waals surface area (Å²) in [6.45, 7) is 3.83. The monoisotopic (exact) mass is 232 g/mol. The Hall–Kier alpha value is -1.84. The maximum absolute atomic E-state index is 11.5. The third-order valence-electron chi connectivity index (χ3n) is 2.93. The van der Waals surface area contributed by atoms with Crippen molar-refractivity contribution in [1.82, 2.24) is 0 Å². The van der Waals surface area contributed by atoms with Crippen LogP contribution in [0.15, 0.2) is 18.2 Å². The van der Waals surface area contributed by atoms with E-state index in [0.29, 0.717) is 6.42 Å². The summed E-state index contributed by atoms with van der Waals surface area (Å²) in [6, 6.07) is 5.51. The van der Waals surface area contributed by atoms with Crippen molar-refractivity contribution in [2.75, 3.05) is 10.6 Å². The zero-order valence-corrected chi connectivity index (χ0v) is 10.0. The average Bonchev–Trinajstić information content (AvgIpc) is 2.56. The second kappa shape index (κ2) is 4.57. The predicted octanol–water partition coefficient (Wildman–Crippen LogP) is 2.48. The molecule has 1 atom stereocenters. The minimum absolute atomic E-state index is 0.0111. The molecule has 2 N–H and O–H groups in total. The lowest BCUT2D eigenvalue weighted by atomic mass is 10.0. The van der Waals surface area contributed by atoms with E-state index in [-0.39, 0.29) is 17.7 Å². The number of amides is 2. The van der Waals surface area contributed by atoms with Gasteiger partial charge in [0.05, 0.1) is 5.92 Å². The van der Waals surface area contributed by atoms with E-state index in [0.717, 1.165) is 23.4 Å². The first-order chi connectivity index (χ1) is 8.11. The van der Waals surface area contributed by atoms with Crippen molar-refractivity contribution in [1.29, 1.82) is 0 Å². The molecule has 0 aliphatic carbocycles. The van der Waals surface area contributed by atoms with Crippen LogP contribution in [-0.4, -0.2) is 11.8 Å². The van der Waals surface area contributed by atoms with Crippen molar-refractivity contribution in [2.24, 2.45) is 0 Å². The van der Waals surface area contributed by atoms with Crippen molar-refractivity contribution < 1.29 is 9.59 Å². The molecule has 0 bridgehead atoms. The number of hydrogen-bond acceptors (Lipinski definition) is 2. The van der Waals surface area contributed by atoms with Crippen molar-refractivity contribution in [3.05, 3.63) is 23.8 Å². The second-order valence-electron chi connectivity index (χ2n) is 4.31. The second-order valence-corrected chi connectivity index (χ2v) is 4.31. The Morgan fingerprint density at radius 3 is 2.94 bits per heavy atom. The van der Waals surface area contributed by atoms with Crippen LogP contribution in [-0.2, 0) is 9.59 Å². The summed E-state index contributed by atoms with van der Waals surface area (Å²) in [7, 11) is 0. The number of carbonyl (C=O) groups is 2. The van der Waals surface area contributed by atoms with Gasteiger partial charge in [0, 0.05) is 17.8 Å². The quantitative estimate of drug-likeness (QED) is 0.841. The minimum Gasteiger partial charge on any atom is -0.326 e. The fourth-order valence-electron chi connectivity index (χ4n) is 1.95. The lowest BCUT2D eigenvalue weighted by Crippen LogP contribution is -2.10. The summed E-state index contributed by atoms with van der Waals surface area (Å²) in [5, 5.41) is 5.63. The Bertz CT molecular complexity index is 468. The zero-order valence-electron chi connectivity index (χ0n) is 10.0. The molecule has 90 valence electrons. The molecule has 0 spiro atoms. The fraction of sp³-hybridized carbons (Fsp3) is 0.385. The molecule has 0 aromatic heterocycles. The van der Waals surface area contributed by atoms with Crippen LogP contribution >= 0.6 is 0 Å². The molecule has 1 aliphatic heterocycles. The first-order valence-corrected chi connectivity index (χ1v) is 5.86. The van der Waals surface area contributed by atoms with E-state index in [4.69, 9.17) is 0 Å². The smallest absolute Gasteiger partial charge is 0.231 e. The summed E-state index contributed by atoms with van der Waals surface area (Å²) < 4.78 is 0. The largest absolute Gasteiger partial charge is 0.326 e. The van der Waals surface area contributed by atoms with Gasteiger partial charge < -0.3 is 10.6 Å². The van der Waals surface area contributed by atoms with Crippen LogP contribution in [0.2, 0.25) is 0 Å². The SMILES string of the molecule is CCCC(=O)Nc1ccc2c(c1)C(C)C(=O)N2. The number of benzene rings is 1. The van der Waals surface area contributed by atoms with E-state index in [1.807, 2.05) is 32.0 Å². The molecule has 0 radical (unpaired) electrons. The Labute approximate surface area is 100 Å². The molecule has 17 heavy (non-hydrogen) atoms. The minimum atomic E-state index is -0.145. The van der Waals surface area contributed by atoms with Crippen LogP contribution in [0.5, 0.6) is 0 Å². The molecular weight excluding hydrogens is 216 g/mol. The van der Waals surface area contributed by atoms with Gasteiger partial charge in [-0.15, -0.1) is 0 Å². The van der Waals surface area contributed by atoms with E-state index in [2.05, 4.69) is 10.6 Å². The Morgan fingerprint density at radius 2 is 2.24 bits per heavy atom. The topological polar surface area (TPSA) is 58.2 Å². The average molecular weight is 232 g/mol. The Balaban J connectivity index is 2.18. The van der Waals surface area contributed by atoms with Gasteiger partial charge in [0.1, 0.15) is 0 Å². The molecule has 4 nitrogen and oxygen atoms in total. The van der Waals surface area contributed by atoms with Crippen molar-refractivity contribution in [3.8, 4) is 0 Å². The fourth-order valence-corrected chi connectivity index (χ4v) is 1.95. The van der Waals surface area contributed by atoms with Crippen LogP contribution in [0.3, 0.4) is 0 Å². The normalized spacial score (nSPS) is 17.5. The Kier molecular flexibility index (Phi) is 3.13. The summed E-state index contributed by atoms with van der Waals surface area (Å²) in [5.41, 5.74) is 2.55. The van der Waals surface area contributed by atoms with Gasteiger partial charge in [0.2, 0.25) is 11.8 Å². The third-order valence-corrected chi connectivity index (χ3v) is 2.93. The third kappa shape index (κ3) is 2.30. The summed E-state index contributed by atoms with van der Waals surface area (Å²) in [6.07, 6.45) is 1.34. The van der Waals surface area contributed by atoms with Crippen LogP contribution in [0.25, 0.3) is 0 Å². The van der Waals surface area contributed by atoms with Crippen LogP contribution in [0.4, 0.5) is 11.4 Å². The summed E-state index contributed by atoms with van der Waals surface area (Å²) >= 11 is 0. The van der Waals surface area contributed by atoms with Gasteiger partial charge in [0.25, 0.3) is 0 Å². The van der Waals surface area contributed by atoms with E-state index in [1.165, 1.54) is 0 Å². The molecule has 0 saturated carbocycles. The maximum Gasteiger partial charge on any atom is 0.231 e. The summed E-state index contributed by atoms with van der Waals surface area (Å²) in [4.78, 5) is 22.9. The highest BCUT2D eigenvalue weighted by Crippen LogP contribution is 2.33. The van der Waals surface area contributed by atoms with Gasteiger partial charge >= 0.3 is 0 Å². The highest BCUT2D eigenvalue weighted by molar-refractivity contribution is 6.03. The first-order valence-electron chi connectivity index (χ1n) is 5.86. The van der Waals surface area contributed by atoms with E-state index in [1.54, 1.807) is 0 Å². The molecule has 1 aromatic carbocycles. The Morgan fingerprint density at radius 1 is 1.47 bits per heavy atom. The number of carbonyl (C=O) groups excluding carboxylic acids is 2. The lowest BCUT2D eigenvalue weighted by Gasteiger charge is -2.07. The van der Waals surface area contributed by atoms with Crippen LogP contribution in [0, 0.1) is 0 Å². The van der Waals surface area contributed by atoms with Gasteiger partial charge in [-0.05, 0) is 37.1 Å². The molecular formula is C13H16N2O2. The van der Waals surface area contributed by atoms with Gasteiger partial charge in [-0.25, -0.2) is 0 Å². The molecule has 2 rings (SSSR count). The predicted molar refractivity (Wildman–Crippen MR) is 67.0 cm³/mol. The molecule has 1 aliphatic rings. The molecule has 2 amide bonds. The molecule has 1 aromatic rings. The van der Waals surface area contributed by atoms with E-state index in [9.17, 15) is 9.59 Å². The summed E-state index contributed by atoms with van der Waals surface area (Å²) in [5.74, 6) is -0.123. The first kappa shape index (κ1) is 11.6. The standard InChI is InChI=1S/C13H16N2O2/c1-3-4-12(16)14-9-5-6-11-10(7-9)8(2)13(17)15-11/h5-8H,3-4H2,1-2H3,(H,14,16)(H,15,17). The number of rotatable bonds is 3. The molecule has 0 saturated heterocycles. The molecule has 1 heterocycles. The van der Waals surface area contributed by atoms with Crippen molar-refractivity contribution >= 4 is 23.2 Å². The highest BCUT2D eigenvalue weighted by Gasteiger charge is 2.26. The van der Waals surface area contributed by atoms with E-state index < -0.39 is 0 Å². The lowest BCUT2D eigenvalue weighted by molar-refractivity contribution is -0.117. The molecule has 4 heteroatoms. The van der Waals surface area contributed by atoms with Gasteiger partial charge in [-0.3, -0.25) is 9.59 Å². The number of anilines is 2. The molecule has 1 unspecified atom stereocenters. The van der Waals surface area contributed by atoms with E-state index >= 15 is 0 Å².